The number of hydrogen-bond donors (Lipinski definition) is 1. The monoisotopic (exact) mass is 302 g/mol. The maximum atomic E-state index is 13.4. The van der Waals surface area contributed by atoms with Gasteiger partial charge in [0.15, 0.2) is 11.6 Å². The van der Waals surface area contributed by atoms with Gasteiger partial charge in [-0.25, -0.2) is 8.78 Å². The van der Waals surface area contributed by atoms with Gasteiger partial charge < -0.3 is 5.32 Å². The summed E-state index contributed by atoms with van der Waals surface area (Å²) in [4.78, 5) is 11.5. The average Bonchev–Trinajstić information content (AvgIpc) is 2.25. The smallest absolute Gasteiger partial charge is 0.241 e. The van der Waals surface area contributed by atoms with Crippen LogP contribution in [0.25, 0.3) is 0 Å². The van der Waals surface area contributed by atoms with Gasteiger partial charge in [0.05, 0.1) is 6.07 Å². The molecule has 0 spiro atoms. The van der Waals surface area contributed by atoms with Gasteiger partial charge in [0.1, 0.15) is 11.6 Å². The zero-order chi connectivity index (χ0) is 13.0. The number of nitriles is 1. The third-order valence-electron chi connectivity index (χ3n) is 2.14. The Morgan fingerprint density at radius 2 is 2.06 bits per heavy atom. The highest BCUT2D eigenvalue weighted by atomic mass is 79.9. The van der Waals surface area contributed by atoms with Crippen LogP contribution < -0.4 is 5.32 Å². The van der Waals surface area contributed by atoms with Crippen molar-refractivity contribution in [3.8, 4) is 6.07 Å². The summed E-state index contributed by atoms with van der Waals surface area (Å²) in [6.07, 6.45) is 0.280. The summed E-state index contributed by atoms with van der Waals surface area (Å²) in [7, 11) is 0. The van der Waals surface area contributed by atoms with E-state index in [9.17, 15) is 13.6 Å². The number of amides is 1. The number of hydrogen-bond acceptors (Lipinski definition) is 2. The zero-order valence-electron chi connectivity index (χ0n) is 8.93. The first-order valence-corrected chi connectivity index (χ1v) is 5.64. The van der Waals surface area contributed by atoms with E-state index in [1.54, 1.807) is 13.0 Å². The first-order chi connectivity index (χ1) is 7.99. The van der Waals surface area contributed by atoms with Gasteiger partial charge in [0, 0.05) is 4.47 Å². The molecule has 3 nitrogen and oxygen atoms in total. The quantitative estimate of drug-likeness (QED) is 0.932. The molecule has 0 saturated heterocycles. The molecule has 0 heterocycles. The van der Waals surface area contributed by atoms with Gasteiger partial charge in [-0.1, -0.05) is 22.9 Å². The van der Waals surface area contributed by atoms with E-state index in [1.165, 1.54) is 0 Å². The van der Waals surface area contributed by atoms with E-state index < -0.39 is 29.1 Å². The van der Waals surface area contributed by atoms with Crippen molar-refractivity contribution in [1.82, 2.24) is 0 Å². The molecule has 0 aliphatic rings. The van der Waals surface area contributed by atoms with Crippen molar-refractivity contribution in [2.75, 3.05) is 5.32 Å². The summed E-state index contributed by atoms with van der Waals surface area (Å²) in [6, 6.07) is 3.82. The standard InChI is InChI=1S/C11H9BrF2N2O/c1-2-6(5-15)11(17)16-10-8(13)3-7(12)4-9(10)14/h3-4,6H,2H2,1H3,(H,16,17). The fourth-order valence-corrected chi connectivity index (χ4v) is 1.61. The predicted molar refractivity (Wildman–Crippen MR) is 62.1 cm³/mol. The van der Waals surface area contributed by atoms with Crippen LogP contribution in [-0.4, -0.2) is 5.91 Å². The van der Waals surface area contributed by atoms with E-state index in [2.05, 4.69) is 21.2 Å². The number of carbonyl (C=O) groups excluding carboxylic acids is 1. The van der Waals surface area contributed by atoms with E-state index in [-0.39, 0.29) is 10.9 Å². The number of nitrogens with one attached hydrogen (secondary N) is 1. The lowest BCUT2D eigenvalue weighted by atomic mass is 10.1. The molecule has 0 fully saturated rings. The SMILES string of the molecule is CCC(C#N)C(=O)Nc1c(F)cc(Br)cc1F. The molecular formula is C11H9BrF2N2O. The van der Waals surface area contributed by atoms with Crippen LogP contribution in [0, 0.1) is 28.9 Å². The van der Waals surface area contributed by atoms with Crippen LogP contribution in [0.5, 0.6) is 0 Å². The fraction of sp³-hybridized carbons (Fsp3) is 0.273. The second-order valence-electron chi connectivity index (χ2n) is 3.32. The van der Waals surface area contributed by atoms with Gasteiger partial charge in [0.2, 0.25) is 5.91 Å². The summed E-state index contributed by atoms with van der Waals surface area (Å²) < 4.78 is 27.0. The van der Waals surface area contributed by atoms with Crippen molar-refractivity contribution in [3.05, 3.63) is 28.2 Å². The molecule has 0 saturated carbocycles. The van der Waals surface area contributed by atoms with Crippen LogP contribution in [0.1, 0.15) is 13.3 Å². The Bertz CT molecular complexity index is 462. The minimum atomic E-state index is -0.919. The largest absolute Gasteiger partial charge is 0.320 e. The molecule has 1 unspecified atom stereocenters. The topological polar surface area (TPSA) is 52.9 Å². The summed E-state index contributed by atoms with van der Waals surface area (Å²) >= 11 is 2.92. The van der Waals surface area contributed by atoms with Crippen molar-refractivity contribution in [1.29, 1.82) is 5.26 Å². The van der Waals surface area contributed by atoms with E-state index >= 15 is 0 Å². The Balaban J connectivity index is 2.97. The third-order valence-corrected chi connectivity index (χ3v) is 2.59. The van der Waals surface area contributed by atoms with Crippen molar-refractivity contribution in [2.45, 2.75) is 13.3 Å². The van der Waals surface area contributed by atoms with Gasteiger partial charge in [0.25, 0.3) is 0 Å². The van der Waals surface area contributed by atoms with Crippen LogP contribution in [0.15, 0.2) is 16.6 Å². The molecule has 1 amide bonds. The summed E-state index contributed by atoms with van der Waals surface area (Å²) in [5.41, 5.74) is -0.535. The number of halogens is 3. The number of carbonyl (C=O) groups is 1. The molecule has 0 aliphatic heterocycles. The molecule has 0 bridgehead atoms. The Morgan fingerprint density at radius 3 is 2.47 bits per heavy atom. The maximum absolute atomic E-state index is 13.4. The van der Waals surface area contributed by atoms with E-state index in [4.69, 9.17) is 5.26 Å². The molecule has 1 atom stereocenters. The summed E-state index contributed by atoms with van der Waals surface area (Å²) in [5.74, 6) is -3.41. The minimum Gasteiger partial charge on any atom is -0.320 e. The first kappa shape index (κ1) is 13.6. The fourth-order valence-electron chi connectivity index (χ4n) is 1.21. The lowest BCUT2D eigenvalue weighted by Gasteiger charge is -2.10. The maximum Gasteiger partial charge on any atom is 0.241 e. The van der Waals surface area contributed by atoms with Crippen LogP contribution >= 0.6 is 15.9 Å². The highest BCUT2D eigenvalue weighted by Gasteiger charge is 2.19. The third kappa shape index (κ3) is 3.24. The van der Waals surface area contributed by atoms with Crippen molar-refractivity contribution >= 4 is 27.5 Å². The van der Waals surface area contributed by atoms with Crippen LogP contribution in [-0.2, 0) is 4.79 Å². The van der Waals surface area contributed by atoms with Crippen molar-refractivity contribution < 1.29 is 13.6 Å². The number of anilines is 1. The Hall–Kier alpha value is -1.48. The zero-order valence-corrected chi connectivity index (χ0v) is 10.5. The molecule has 17 heavy (non-hydrogen) atoms. The normalized spacial score (nSPS) is 11.7. The molecule has 1 aromatic carbocycles. The number of nitrogens with zero attached hydrogens (tertiary/aromatic N) is 1. The highest BCUT2D eigenvalue weighted by Crippen LogP contribution is 2.24. The van der Waals surface area contributed by atoms with Crippen LogP contribution in [0.4, 0.5) is 14.5 Å². The summed E-state index contributed by atoms with van der Waals surface area (Å²) in [5, 5.41) is 10.7. The Labute approximate surface area is 106 Å². The number of rotatable bonds is 3. The molecule has 1 aromatic rings. The molecule has 0 radical (unpaired) electrons. The summed E-state index contributed by atoms with van der Waals surface area (Å²) in [6.45, 7) is 1.64. The van der Waals surface area contributed by atoms with Crippen molar-refractivity contribution in [2.24, 2.45) is 5.92 Å². The van der Waals surface area contributed by atoms with Crippen LogP contribution in [0.2, 0.25) is 0 Å². The lowest BCUT2D eigenvalue weighted by Crippen LogP contribution is -2.22. The van der Waals surface area contributed by atoms with Gasteiger partial charge in [-0.15, -0.1) is 0 Å². The lowest BCUT2D eigenvalue weighted by molar-refractivity contribution is -0.118. The second kappa shape index (κ2) is 5.73. The van der Waals surface area contributed by atoms with Crippen molar-refractivity contribution in [3.63, 3.8) is 0 Å². The number of benzene rings is 1. The molecule has 6 heteroatoms. The van der Waals surface area contributed by atoms with Gasteiger partial charge in [-0.2, -0.15) is 5.26 Å². The molecule has 1 rings (SSSR count). The Kier molecular flexibility index (Phi) is 4.58. The highest BCUT2D eigenvalue weighted by molar-refractivity contribution is 9.10. The molecule has 1 N–H and O–H groups in total. The second-order valence-corrected chi connectivity index (χ2v) is 4.24. The molecule has 0 aliphatic carbocycles. The Morgan fingerprint density at radius 1 is 1.53 bits per heavy atom. The van der Waals surface area contributed by atoms with Gasteiger partial charge in [-0.3, -0.25) is 4.79 Å². The first-order valence-electron chi connectivity index (χ1n) is 4.84. The molecular weight excluding hydrogens is 294 g/mol. The van der Waals surface area contributed by atoms with E-state index in [0.29, 0.717) is 0 Å². The van der Waals surface area contributed by atoms with Crippen LogP contribution in [0.3, 0.4) is 0 Å². The predicted octanol–water partition coefficient (Wildman–Crippen LogP) is 3.22. The van der Waals surface area contributed by atoms with Gasteiger partial charge >= 0.3 is 0 Å². The van der Waals surface area contributed by atoms with E-state index in [1.807, 2.05) is 0 Å². The van der Waals surface area contributed by atoms with Gasteiger partial charge in [-0.05, 0) is 18.6 Å². The van der Waals surface area contributed by atoms with E-state index in [0.717, 1.165) is 12.1 Å². The minimum absolute atomic E-state index is 0.234. The molecule has 0 aromatic heterocycles. The molecule has 90 valence electrons. The average molecular weight is 303 g/mol.